The van der Waals surface area contributed by atoms with E-state index in [9.17, 15) is 4.79 Å². The van der Waals surface area contributed by atoms with Gasteiger partial charge in [0.1, 0.15) is 11.5 Å². The maximum atomic E-state index is 13.4. The van der Waals surface area contributed by atoms with E-state index in [1.807, 2.05) is 47.8 Å². The Kier molecular flexibility index (Phi) is 5.12. The first-order valence-electron chi connectivity index (χ1n) is 8.92. The molecule has 6 heteroatoms. The van der Waals surface area contributed by atoms with Crippen LogP contribution in [0.5, 0.6) is 11.5 Å². The third-order valence-electron chi connectivity index (χ3n) is 4.81. The van der Waals surface area contributed by atoms with Gasteiger partial charge in [-0.15, -0.1) is 0 Å². The molecule has 142 valence electrons. The zero-order valence-corrected chi connectivity index (χ0v) is 16.5. The number of hydrazone groups is 1. The third kappa shape index (κ3) is 3.27. The molecule has 0 radical (unpaired) electrons. The van der Waals surface area contributed by atoms with E-state index in [4.69, 9.17) is 14.6 Å². The van der Waals surface area contributed by atoms with E-state index in [0.29, 0.717) is 17.7 Å². The maximum Gasteiger partial charge on any atom is 0.278 e. The summed E-state index contributed by atoms with van der Waals surface area (Å²) in [6.07, 6.45) is 0.623. The molecule has 1 atom stereocenters. The van der Waals surface area contributed by atoms with Gasteiger partial charge in [0.15, 0.2) is 0 Å². The van der Waals surface area contributed by atoms with Gasteiger partial charge in [-0.05, 0) is 35.0 Å². The van der Waals surface area contributed by atoms with E-state index < -0.39 is 0 Å². The van der Waals surface area contributed by atoms with Crippen molar-refractivity contribution in [3.8, 4) is 11.5 Å². The number of carbonyl (C=O) groups excluding carboxylic acids is 1. The van der Waals surface area contributed by atoms with Crippen molar-refractivity contribution in [1.82, 2.24) is 5.01 Å². The second kappa shape index (κ2) is 7.86. The lowest BCUT2D eigenvalue weighted by Gasteiger charge is -2.24. The number of nitrogens with zero attached hydrogens (tertiary/aromatic N) is 2. The largest absolute Gasteiger partial charge is 0.496 e. The second-order valence-corrected chi connectivity index (χ2v) is 7.15. The zero-order chi connectivity index (χ0) is 19.5. The lowest BCUT2D eigenvalue weighted by molar-refractivity contribution is 0.0706. The summed E-state index contributed by atoms with van der Waals surface area (Å²) in [6.45, 7) is 0. The fraction of sp³-hybridized carbons (Fsp3) is 0.182. The quantitative estimate of drug-likeness (QED) is 0.629. The minimum atomic E-state index is -0.247. The molecule has 0 bridgehead atoms. The Hall–Kier alpha value is -3.12. The summed E-state index contributed by atoms with van der Waals surface area (Å²) >= 11 is 1.61. The van der Waals surface area contributed by atoms with Crippen molar-refractivity contribution in [2.45, 2.75) is 12.5 Å². The van der Waals surface area contributed by atoms with Crippen LogP contribution in [0.4, 0.5) is 0 Å². The minimum Gasteiger partial charge on any atom is -0.496 e. The van der Waals surface area contributed by atoms with Crippen LogP contribution in [0.15, 0.2) is 70.5 Å². The Morgan fingerprint density at radius 2 is 1.75 bits per heavy atom. The van der Waals surface area contributed by atoms with Crippen LogP contribution >= 0.6 is 11.3 Å². The Morgan fingerprint density at radius 3 is 2.46 bits per heavy atom. The SMILES string of the molecule is COc1ccccc1C(=O)N1N=C(c2ccsc2)CC1c1ccccc1OC. The molecular formula is C22H20N2O3S. The van der Waals surface area contributed by atoms with Crippen molar-refractivity contribution in [2.75, 3.05) is 14.2 Å². The molecule has 1 amide bonds. The van der Waals surface area contributed by atoms with Gasteiger partial charge in [0, 0.05) is 17.5 Å². The number of amides is 1. The molecule has 3 aromatic rings. The molecule has 0 saturated carbocycles. The number of para-hydroxylation sites is 2. The average molecular weight is 392 g/mol. The van der Waals surface area contributed by atoms with Crippen molar-refractivity contribution in [3.05, 3.63) is 82.0 Å². The molecule has 0 aliphatic carbocycles. The number of hydrogen-bond acceptors (Lipinski definition) is 5. The predicted octanol–water partition coefficient (Wildman–Crippen LogP) is 4.76. The van der Waals surface area contributed by atoms with E-state index in [1.165, 1.54) is 0 Å². The zero-order valence-electron chi connectivity index (χ0n) is 15.7. The van der Waals surface area contributed by atoms with Crippen LogP contribution in [-0.2, 0) is 0 Å². The first kappa shape index (κ1) is 18.3. The van der Waals surface area contributed by atoms with Crippen molar-refractivity contribution in [2.24, 2.45) is 5.10 Å². The van der Waals surface area contributed by atoms with E-state index in [1.54, 1.807) is 42.7 Å². The molecule has 4 rings (SSSR count). The van der Waals surface area contributed by atoms with Gasteiger partial charge in [0.2, 0.25) is 0 Å². The van der Waals surface area contributed by atoms with E-state index in [-0.39, 0.29) is 11.9 Å². The summed E-state index contributed by atoms with van der Waals surface area (Å²) in [7, 11) is 3.20. The summed E-state index contributed by atoms with van der Waals surface area (Å²) in [4.78, 5) is 13.4. The second-order valence-electron chi connectivity index (χ2n) is 6.37. The van der Waals surface area contributed by atoms with Gasteiger partial charge in [-0.2, -0.15) is 16.4 Å². The van der Waals surface area contributed by atoms with Crippen LogP contribution in [0.3, 0.4) is 0 Å². The molecule has 0 saturated heterocycles. The molecule has 1 aliphatic rings. The molecule has 2 heterocycles. The summed E-state index contributed by atoms with van der Waals surface area (Å²) in [6, 6.07) is 16.8. The van der Waals surface area contributed by atoms with Gasteiger partial charge in [0.25, 0.3) is 5.91 Å². The molecule has 1 aromatic heterocycles. The molecule has 0 spiro atoms. The van der Waals surface area contributed by atoms with Gasteiger partial charge in [-0.25, -0.2) is 5.01 Å². The highest BCUT2D eigenvalue weighted by Crippen LogP contribution is 2.39. The Bertz CT molecular complexity index is 1010. The maximum absolute atomic E-state index is 13.4. The number of hydrogen-bond donors (Lipinski definition) is 0. The fourth-order valence-electron chi connectivity index (χ4n) is 3.43. The number of thiophene rings is 1. The van der Waals surface area contributed by atoms with Gasteiger partial charge in [-0.1, -0.05) is 30.3 Å². The normalized spacial score (nSPS) is 16.0. The summed E-state index contributed by atoms with van der Waals surface area (Å²) in [5.74, 6) is 1.08. The number of carbonyl (C=O) groups is 1. The highest BCUT2D eigenvalue weighted by molar-refractivity contribution is 7.08. The Morgan fingerprint density at radius 1 is 1.04 bits per heavy atom. The molecule has 0 fully saturated rings. The fourth-order valence-corrected chi connectivity index (χ4v) is 4.09. The molecule has 5 nitrogen and oxygen atoms in total. The molecule has 0 N–H and O–H groups in total. The Balaban J connectivity index is 1.78. The van der Waals surface area contributed by atoms with E-state index >= 15 is 0 Å². The number of benzene rings is 2. The van der Waals surface area contributed by atoms with Crippen LogP contribution in [0.1, 0.15) is 33.9 Å². The van der Waals surface area contributed by atoms with Crippen LogP contribution in [0.25, 0.3) is 0 Å². The predicted molar refractivity (Wildman–Crippen MR) is 110 cm³/mol. The minimum absolute atomic E-state index is 0.196. The van der Waals surface area contributed by atoms with Crippen molar-refractivity contribution >= 4 is 23.0 Å². The van der Waals surface area contributed by atoms with Gasteiger partial charge in [-0.3, -0.25) is 4.79 Å². The lowest BCUT2D eigenvalue weighted by Crippen LogP contribution is -2.27. The van der Waals surface area contributed by atoms with Gasteiger partial charge in [0.05, 0.1) is 31.5 Å². The average Bonchev–Trinajstić information content (AvgIpc) is 3.43. The van der Waals surface area contributed by atoms with Crippen molar-refractivity contribution in [3.63, 3.8) is 0 Å². The smallest absolute Gasteiger partial charge is 0.278 e. The third-order valence-corrected chi connectivity index (χ3v) is 5.49. The summed E-state index contributed by atoms with van der Waals surface area (Å²) in [5.41, 5.74) is 3.35. The number of rotatable bonds is 5. The number of ether oxygens (including phenoxy) is 2. The summed E-state index contributed by atoms with van der Waals surface area (Å²) in [5, 5.41) is 10.3. The molecule has 1 unspecified atom stereocenters. The first-order chi connectivity index (χ1) is 13.7. The van der Waals surface area contributed by atoms with Gasteiger partial charge >= 0.3 is 0 Å². The van der Waals surface area contributed by atoms with Crippen LogP contribution in [-0.4, -0.2) is 30.8 Å². The van der Waals surface area contributed by atoms with Crippen LogP contribution in [0, 0.1) is 0 Å². The van der Waals surface area contributed by atoms with E-state index in [2.05, 4.69) is 5.38 Å². The Labute approximate surface area is 167 Å². The molecule has 28 heavy (non-hydrogen) atoms. The molecular weight excluding hydrogens is 372 g/mol. The monoisotopic (exact) mass is 392 g/mol. The van der Waals surface area contributed by atoms with Crippen LogP contribution in [0.2, 0.25) is 0 Å². The summed E-state index contributed by atoms with van der Waals surface area (Å²) < 4.78 is 10.9. The van der Waals surface area contributed by atoms with Crippen molar-refractivity contribution < 1.29 is 14.3 Å². The standard InChI is InChI=1S/C22H20N2O3S/c1-26-20-9-5-3-7-16(20)19-13-18(15-11-12-28-14-15)23-24(19)22(25)17-8-4-6-10-21(17)27-2/h3-12,14,19H,13H2,1-2H3. The van der Waals surface area contributed by atoms with Crippen molar-refractivity contribution in [1.29, 1.82) is 0 Å². The highest BCUT2D eigenvalue weighted by atomic mass is 32.1. The topological polar surface area (TPSA) is 51.1 Å². The lowest BCUT2D eigenvalue weighted by atomic mass is 9.98. The molecule has 1 aliphatic heterocycles. The highest BCUT2D eigenvalue weighted by Gasteiger charge is 2.36. The molecule has 2 aromatic carbocycles. The first-order valence-corrected chi connectivity index (χ1v) is 9.86. The van der Waals surface area contributed by atoms with Gasteiger partial charge < -0.3 is 9.47 Å². The van der Waals surface area contributed by atoms with Crippen LogP contribution < -0.4 is 9.47 Å². The number of methoxy groups -OCH3 is 2. The van der Waals surface area contributed by atoms with E-state index in [0.717, 1.165) is 22.6 Å².